The standard InChI is InChI=1S/C15H17N3O4S/c19-7-13-11(20)4-12(22-13)15-18-10(8-23-15)14(21)17-6-9-2-1-3-16-5-9/h1-3,5,8,11-13,19-20H,4,6-7H2,(H,17,21)/t11-,12-,13+/m0/s1. The van der Waals surface area contributed by atoms with E-state index in [9.17, 15) is 9.90 Å². The Bertz CT molecular complexity index is 664. The van der Waals surface area contributed by atoms with E-state index in [4.69, 9.17) is 9.84 Å². The molecule has 1 aliphatic rings. The van der Waals surface area contributed by atoms with Crippen LogP contribution in [0.25, 0.3) is 0 Å². The zero-order valence-electron chi connectivity index (χ0n) is 12.3. The molecule has 0 radical (unpaired) electrons. The molecule has 0 unspecified atom stereocenters. The highest BCUT2D eigenvalue weighted by Crippen LogP contribution is 2.34. The van der Waals surface area contributed by atoms with Crippen LogP contribution in [0.15, 0.2) is 29.9 Å². The molecule has 122 valence electrons. The molecule has 1 fully saturated rings. The van der Waals surface area contributed by atoms with Crippen molar-refractivity contribution in [3.05, 3.63) is 46.2 Å². The van der Waals surface area contributed by atoms with Gasteiger partial charge in [0.1, 0.15) is 22.9 Å². The molecular formula is C15H17N3O4S. The van der Waals surface area contributed by atoms with Gasteiger partial charge in [0, 0.05) is 30.7 Å². The van der Waals surface area contributed by atoms with E-state index in [1.165, 1.54) is 11.3 Å². The van der Waals surface area contributed by atoms with Crippen molar-refractivity contribution in [3.8, 4) is 0 Å². The second kappa shape index (κ2) is 7.14. The number of nitrogens with one attached hydrogen (secondary N) is 1. The fourth-order valence-electron chi connectivity index (χ4n) is 2.37. The third kappa shape index (κ3) is 3.73. The molecular weight excluding hydrogens is 318 g/mol. The number of nitrogens with zero attached hydrogens (tertiary/aromatic N) is 2. The van der Waals surface area contributed by atoms with Gasteiger partial charge in [-0.05, 0) is 11.6 Å². The quantitative estimate of drug-likeness (QED) is 0.741. The summed E-state index contributed by atoms with van der Waals surface area (Å²) < 4.78 is 5.54. The first-order chi connectivity index (χ1) is 11.2. The minimum atomic E-state index is -0.711. The minimum absolute atomic E-state index is 0.235. The lowest BCUT2D eigenvalue weighted by Gasteiger charge is -2.09. The van der Waals surface area contributed by atoms with Gasteiger partial charge in [0.25, 0.3) is 5.91 Å². The average Bonchev–Trinajstić information content (AvgIpc) is 3.20. The first-order valence-corrected chi connectivity index (χ1v) is 8.12. The fourth-order valence-corrected chi connectivity index (χ4v) is 3.21. The second-order valence-electron chi connectivity index (χ2n) is 5.26. The summed E-state index contributed by atoms with van der Waals surface area (Å²) in [5.41, 5.74) is 1.23. The lowest BCUT2D eigenvalue weighted by atomic mass is 10.1. The van der Waals surface area contributed by atoms with Crippen molar-refractivity contribution in [2.45, 2.75) is 31.3 Å². The van der Waals surface area contributed by atoms with Crippen LogP contribution in [0.2, 0.25) is 0 Å². The van der Waals surface area contributed by atoms with Gasteiger partial charge in [-0.25, -0.2) is 4.98 Å². The third-order valence-electron chi connectivity index (χ3n) is 3.61. The highest BCUT2D eigenvalue weighted by Gasteiger charge is 2.36. The Labute approximate surface area is 137 Å². The van der Waals surface area contributed by atoms with Gasteiger partial charge in [-0.15, -0.1) is 11.3 Å². The number of aliphatic hydroxyl groups is 2. The summed E-state index contributed by atoms with van der Waals surface area (Å²) in [6.45, 7) is 0.145. The number of rotatable bonds is 5. The molecule has 3 N–H and O–H groups in total. The number of ether oxygens (including phenoxy) is 1. The minimum Gasteiger partial charge on any atom is -0.394 e. The van der Waals surface area contributed by atoms with Crippen molar-refractivity contribution in [2.75, 3.05) is 6.61 Å². The Morgan fingerprint density at radius 2 is 2.39 bits per heavy atom. The first kappa shape index (κ1) is 16.0. The number of carbonyl (C=O) groups is 1. The van der Waals surface area contributed by atoms with Crippen LogP contribution in [0.4, 0.5) is 0 Å². The summed E-state index contributed by atoms with van der Waals surface area (Å²) in [6.07, 6.45) is 2.05. The van der Waals surface area contributed by atoms with E-state index in [0.29, 0.717) is 23.7 Å². The predicted molar refractivity (Wildman–Crippen MR) is 82.8 cm³/mol. The van der Waals surface area contributed by atoms with Crippen LogP contribution in [0.1, 0.15) is 33.6 Å². The Morgan fingerprint density at radius 3 is 3.09 bits per heavy atom. The molecule has 1 saturated heterocycles. The Kier molecular flexibility index (Phi) is 4.97. The topological polar surface area (TPSA) is 105 Å². The summed E-state index contributed by atoms with van der Waals surface area (Å²) in [4.78, 5) is 20.4. The molecule has 0 saturated carbocycles. The van der Waals surface area contributed by atoms with Crippen molar-refractivity contribution in [1.82, 2.24) is 15.3 Å². The summed E-state index contributed by atoms with van der Waals surface area (Å²) in [5, 5.41) is 23.9. The van der Waals surface area contributed by atoms with Crippen LogP contribution >= 0.6 is 11.3 Å². The maximum Gasteiger partial charge on any atom is 0.271 e. The Hall–Kier alpha value is -1.87. The Balaban J connectivity index is 1.59. The normalized spacial score (nSPS) is 23.8. The van der Waals surface area contributed by atoms with E-state index in [1.807, 2.05) is 12.1 Å². The number of hydrogen-bond donors (Lipinski definition) is 3. The van der Waals surface area contributed by atoms with Gasteiger partial charge in [-0.3, -0.25) is 9.78 Å². The number of thiazole rings is 1. The summed E-state index contributed by atoms with van der Waals surface area (Å²) in [7, 11) is 0. The van der Waals surface area contributed by atoms with Crippen LogP contribution in [-0.4, -0.2) is 44.9 Å². The largest absolute Gasteiger partial charge is 0.394 e. The third-order valence-corrected chi connectivity index (χ3v) is 4.55. The molecule has 3 heterocycles. The zero-order valence-corrected chi connectivity index (χ0v) is 13.1. The van der Waals surface area contributed by atoms with Crippen molar-refractivity contribution in [1.29, 1.82) is 0 Å². The second-order valence-corrected chi connectivity index (χ2v) is 6.15. The first-order valence-electron chi connectivity index (χ1n) is 7.24. The van der Waals surface area contributed by atoms with E-state index in [-0.39, 0.29) is 18.6 Å². The lowest BCUT2D eigenvalue weighted by Crippen LogP contribution is -2.24. The number of carbonyl (C=O) groups excluding carboxylic acids is 1. The molecule has 1 aliphatic heterocycles. The monoisotopic (exact) mass is 335 g/mol. The summed E-state index contributed by atoms with van der Waals surface area (Å²) >= 11 is 1.31. The van der Waals surface area contributed by atoms with E-state index in [0.717, 1.165) is 5.56 Å². The molecule has 8 heteroatoms. The van der Waals surface area contributed by atoms with Crippen molar-refractivity contribution < 1.29 is 19.7 Å². The highest BCUT2D eigenvalue weighted by molar-refractivity contribution is 7.09. The average molecular weight is 335 g/mol. The molecule has 7 nitrogen and oxygen atoms in total. The lowest BCUT2D eigenvalue weighted by molar-refractivity contribution is -0.0226. The smallest absolute Gasteiger partial charge is 0.271 e. The van der Waals surface area contributed by atoms with Gasteiger partial charge in [-0.2, -0.15) is 0 Å². The molecule has 1 amide bonds. The van der Waals surface area contributed by atoms with Crippen LogP contribution in [-0.2, 0) is 11.3 Å². The summed E-state index contributed by atoms with van der Waals surface area (Å²) in [5.74, 6) is -0.270. The molecule has 3 rings (SSSR count). The van der Waals surface area contributed by atoms with Crippen molar-refractivity contribution in [3.63, 3.8) is 0 Å². The van der Waals surface area contributed by atoms with Gasteiger partial charge in [0.05, 0.1) is 12.7 Å². The molecule has 3 atom stereocenters. The van der Waals surface area contributed by atoms with Crippen LogP contribution in [0.5, 0.6) is 0 Å². The van der Waals surface area contributed by atoms with E-state index >= 15 is 0 Å². The van der Waals surface area contributed by atoms with Crippen LogP contribution in [0.3, 0.4) is 0 Å². The number of amides is 1. The highest BCUT2D eigenvalue weighted by atomic mass is 32.1. The van der Waals surface area contributed by atoms with Crippen molar-refractivity contribution >= 4 is 17.2 Å². The summed E-state index contributed by atoms with van der Waals surface area (Å²) in [6, 6.07) is 3.69. The van der Waals surface area contributed by atoms with Gasteiger partial charge in [0.15, 0.2) is 0 Å². The molecule has 0 bridgehead atoms. The molecule has 23 heavy (non-hydrogen) atoms. The number of hydrogen-bond acceptors (Lipinski definition) is 7. The van der Waals surface area contributed by atoms with E-state index in [1.54, 1.807) is 17.8 Å². The van der Waals surface area contributed by atoms with Gasteiger partial charge >= 0.3 is 0 Å². The van der Waals surface area contributed by atoms with Crippen LogP contribution in [0, 0.1) is 0 Å². The Morgan fingerprint density at radius 1 is 1.52 bits per heavy atom. The molecule has 0 aromatic carbocycles. The number of pyridine rings is 1. The zero-order chi connectivity index (χ0) is 16.2. The molecule has 2 aromatic rings. The molecule has 2 aromatic heterocycles. The van der Waals surface area contributed by atoms with Gasteiger partial charge in [0.2, 0.25) is 0 Å². The van der Waals surface area contributed by atoms with E-state index in [2.05, 4.69) is 15.3 Å². The fraction of sp³-hybridized carbons (Fsp3) is 0.400. The van der Waals surface area contributed by atoms with E-state index < -0.39 is 12.2 Å². The van der Waals surface area contributed by atoms with Gasteiger partial charge in [-0.1, -0.05) is 6.07 Å². The molecule has 0 aliphatic carbocycles. The number of aromatic nitrogens is 2. The maximum atomic E-state index is 12.1. The van der Waals surface area contributed by atoms with Gasteiger partial charge < -0.3 is 20.3 Å². The SMILES string of the molecule is O=C(NCc1cccnc1)c1csc([C@@H]2C[C@H](O)[C@@H](CO)O2)n1. The van der Waals surface area contributed by atoms with Crippen molar-refractivity contribution in [2.24, 2.45) is 0 Å². The molecule has 0 spiro atoms. The van der Waals surface area contributed by atoms with Crippen LogP contribution < -0.4 is 5.32 Å². The predicted octanol–water partition coefficient (Wildman–Crippen LogP) is 0.651. The maximum absolute atomic E-state index is 12.1. The number of aliphatic hydroxyl groups excluding tert-OH is 2.